The van der Waals surface area contributed by atoms with Crippen LogP contribution in [0.5, 0.6) is 0 Å². The van der Waals surface area contributed by atoms with E-state index in [0.717, 1.165) is 12.8 Å². The molecule has 0 unspecified atom stereocenters. The van der Waals surface area contributed by atoms with Gasteiger partial charge in [-0.2, -0.15) is 0 Å². The first-order valence-corrected chi connectivity index (χ1v) is 6.85. The fourth-order valence-electron chi connectivity index (χ4n) is 1.72. The molecule has 0 radical (unpaired) electrons. The number of carbonyl (C=O) groups excluding carboxylic acids is 3. The molecule has 1 aromatic carbocycles. The lowest BCUT2D eigenvalue weighted by molar-refractivity contribution is -0.118. The molecule has 1 aliphatic carbocycles. The molecule has 0 atom stereocenters. The van der Waals surface area contributed by atoms with Gasteiger partial charge in [-0.05, 0) is 31.0 Å². The standard InChI is InChI=1S/C14H17FN4O3/c1-8(20)17-12-6-10(4-5-11(12)15)16-7-13(21)19-14(22)18-9-2-3-9/h4-6,9,16H,2-3,7H2,1H3,(H,17,20)(H2,18,19,21,22). The van der Waals surface area contributed by atoms with Crippen LogP contribution in [0.2, 0.25) is 0 Å². The van der Waals surface area contributed by atoms with Crippen LogP contribution in [0.1, 0.15) is 19.8 Å². The van der Waals surface area contributed by atoms with E-state index in [1.807, 2.05) is 0 Å². The summed E-state index contributed by atoms with van der Waals surface area (Å²) in [4.78, 5) is 33.9. The van der Waals surface area contributed by atoms with Crippen LogP contribution in [0.25, 0.3) is 0 Å². The van der Waals surface area contributed by atoms with Crippen molar-refractivity contribution in [1.29, 1.82) is 0 Å². The molecule has 118 valence electrons. The average molecular weight is 308 g/mol. The molecule has 1 saturated carbocycles. The predicted molar refractivity (Wildman–Crippen MR) is 78.9 cm³/mol. The lowest BCUT2D eigenvalue weighted by atomic mass is 10.2. The number of carbonyl (C=O) groups is 3. The number of anilines is 2. The molecule has 1 aliphatic rings. The van der Waals surface area contributed by atoms with Crippen molar-refractivity contribution in [1.82, 2.24) is 10.6 Å². The molecule has 4 amide bonds. The van der Waals surface area contributed by atoms with Gasteiger partial charge in [-0.25, -0.2) is 9.18 Å². The molecule has 0 heterocycles. The van der Waals surface area contributed by atoms with Crippen LogP contribution >= 0.6 is 0 Å². The Morgan fingerprint density at radius 2 is 2.00 bits per heavy atom. The highest BCUT2D eigenvalue weighted by Gasteiger charge is 2.23. The van der Waals surface area contributed by atoms with Gasteiger partial charge in [0.05, 0.1) is 12.2 Å². The summed E-state index contributed by atoms with van der Waals surface area (Å²) in [7, 11) is 0. The monoisotopic (exact) mass is 308 g/mol. The number of nitrogens with one attached hydrogen (secondary N) is 4. The third-order valence-corrected chi connectivity index (χ3v) is 2.90. The molecule has 0 saturated heterocycles. The quantitative estimate of drug-likeness (QED) is 0.656. The molecule has 8 heteroatoms. The van der Waals surface area contributed by atoms with Crippen LogP contribution in [0.15, 0.2) is 18.2 Å². The second-order valence-electron chi connectivity index (χ2n) is 5.03. The number of amides is 4. The minimum atomic E-state index is -0.575. The molecular formula is C14H17FN4O3. The molecule has 1 aromatic rings. The summed E-state index contributed by atoms with van der Waals surface area (Å²) in [5.74, 6) is -1.48. The number of rotatable bonds is 5. The molecule has 7 nitrogen and oxygen atoms in total. The van der Waals surface area contributed by atoms with E-state index in [0.29, 0.717) is 5.69 Å². The maximum absolute atomic E-state index is 13.5. The number of urea groups is 1. The fraction of sp³-hybridized carbons (Fsp3) is 0.357. The molecular weight excluding hydrogens is 291 g/mol. The van der Waals surface area contributed by atoms with Crippen molar-refractivity contribution in [3.8, 4) is 0 Å². The Hall–Kier alpha value is -2.64. The van der Waals surface area contributed by atoms with Gasteiger partial charge in [-0.15, -0.1) is 0 Å². The smallest absolute Gasteiger partial charge is 0.321 e. The largest absolute Gasteiger partial charge is 0.376 e. The van der Waals surface area contributed by atoms with Gasteiger partial charge in [0.1, 0.15) is 5.82 Å². The summed E-state index contributed by atoms with van der Waals surface area (Å²) < 4.78 is 13.5. The van der Waals surface area contributed by atoms with E-state index < -0.39 is 23.7 Å². The van der Waals surface area contributed by atoms with Crippen LogP contribution in [0, 0.1) is 5.82 Å². The summed E-state index contributed by atoms with van der Waals surface area (Å²) >= 11 is 0. The second-order valence-corrected chi connectivity index (χ2v) is 5.03. The Kier molecular flexibility index (Phi) is 4.92. The van der Waals surface area contributed by atoms with Crippen LogP contribution < -0.4 is 21.3 Å². The van der Waals surface area contributed by atoms with Crippen LogP contribution in [0.3, 0.4) is 0 Å². The second kappa shape index (κ2) is 6.88. The van der Waals surface area contributed by atoms with E-state index in [-0.39, 0.29) is 18.3 Å². The first-order chi connectivity index (χ1) is 10.4. The first-order valence-electron chi connectivity index (χ1n) is 6.85. The Balaban J connectivity index is 1.83. The van der Waals surface area contributed by atoms with Crippen LogP contribution in [0.4, 0.5) is 20.6 Å². The van der Waals surface area contributed by atoms with Gasteiger partial charge in [0.25, 0.3) is 0 Å². The van der Waals surface area contributed by atoms with Crippen molar-refractivity contribution >= 4 is 29.2 Å². The zero-order valence-electron chi connectivity index (χ0n) is 12.0. The molecule has 2 rings (SSSR count). The Morgan fingerprint density at radius 3 is 2.64 bits per heavy atom. The maximum Gasteiger partial charge on any atom is 0.321 e. The average Bonchev–Trinajstić information content (AvgIpc) is 3.22. The van der Waals surface area contributed by atoms with Crippen molar-refractivity contribution in [3.63, 3.8) is 0 Å². The van der Waals surface area contributed by atoms with Gasteiger partial charge < -0.3 is 16.0 Å². The van der Waals surface area contributed by atoms with Crippen molar-refractivity contribution in [3.05, 3.63) is 24.0 Å². The normalized spacial score (nSPS) is 13.2. The molecule has 0 spiro atoms. The van der Waals surface area contributed by atoms with Crippen molar-refractivity contribution in [2.24, 2.45) is 0 Å². The number of halogens is 1. The molecule has 1 fully saturated rings. The van der Waals surface area contributed by atoms with Crippen LogP contribution in [-0.2, 0) is 9.59 Å². The topological polar surface area (TPSA) is 99.3 Å². The SMILES string of the molecule is CC(=O)Nc1cc(NCC(=O)NC(=O)NC2CC2)ccc1F. The Bertz CT molecular complexity index is 602. The summed E-state index contributed by atoms with van der Waals surface area (Å²) in [6.45, 7) is 1.12. The number of benzene rings is 1. The minimum Gasteiger partial charge on any atom is -0.376 e. The van der Waals surface area contributed by atoms with E-state index in [1.54, 1.807) is 0 Å². The maximum atomic E-state index is 13.5. The highest BCUT2D eigenvalue weighted by molar-refractivity contribution is 5.96. The van der Waals surface area contributed by atoms with Gasteiger partial charge in [-0.1, -0.05) is 0 Å². The Morgan fingerprint density at radius 1 is 1.27 bits per heavy atom. The van der Waals surface area contributed by atoms with Gasteiger partial charge in [0.2, 0.25) is 11.8 Å². The molecule has 22 heavy (non-hydrogen) atoms. The van der Waals surface area contributed by atoms with Crippen molar-refractivity contribution < 1.29 is 18.8 Å². The highest BCUT2D eigenvalue weighted by atomic mass is 19.1. The zero-order chi connectivity index (χ0) is 16.1. The van der Waals surface area contributed by atoms with Crippen molar-refractivity contribution in [2.75, 3.05) is 17.2 Å². The van der Waals surface area contributed by atoms with Gasteiger partial charge >= 0.3 is 6.03 Å². The molecule has 0 bridgehead atoms. The number of hydrogen-bond donors (Lipinski definition) is 4. The van der Waals surface area contributed by atoms with E-state index in [2.05, 4.69) is 21.3 Å². The number of hydrogen-bond acceptors (Lipinski definition) is 4. The Labute approximate surface area is 126 Å². The molecule has 0 aliphatic heterocycles. The fourth-order valence-corrected chi connectivity index (χ4v) is 1.72. The van der Waals surface area contributed by atoms with Gasteiger partial charge in [-0.3, -0.25) is 14.9 Å². The highest BCUT2D eigenvalue weighted by Crippen LogP contribution is 2.19. The van der Waals surface area contributed by atoms with E-state index in [1.165, 1.54) is 25.1 Å². The summed E-state index contributed by atoms with van der Waals surface area (Å²) in [6.07, 6.45) is 1.86. The lowest BCUT2D eigenvalue weighted by Gasteiger charge is -2.10. The summed E-state index contributed by atoms with van der Waals surface area (Å²) in [5, 5.41) is 9.90. The van der Waals surface area contributed by atoms with E-state index >= 15 is 0 Å². The van der Waals surface area contributed by atoms with Gasteiger partial charge in [0.15, 0.2) is 0 Å². The molecule has 4 N–H and O–H groups in total. The lowest BCUT2D eigenvalue weighted by Crippen LogP contribution is -2.42. The molecule has 0 aromatic heterocycles. The number of imide groups is 1. The zero-order valence-corrected chi connectivity index (χ0v) is 12.0. The summed E-state index contributed by atoms with van der Waals surface area (Å²) in [5.41, 5.74) is 0.465. The van der Waals surface area contributed by atoms with E-state index in [4.69, 9.17) is 0 Å². The van der Waals surface area contributed by atoms with Crippen LogP contribution in [-0.4, -0.2) is 30.4 Å². The van der Waals surface area contributed by atoms with Crippen molar-refractivity contribution in [2.45, 2.75) is 25.8 Å². The third kappa shape index (κ3) is 5.04. The predicted octanol–water partition coefficient (Wildman–Crippen LogP) is 1.18. The third-order valence-electron chi connectivity index (χ3n) is 2.90. The summed E-state index contributed by atoms with van der Waals surface area (Å²) in [6, 6.07) is 3.61. The van der Waals surface area contributed by atoms with E-state index in [9.17, 15) is 18.8 Å². The first kappa shape index (κ1) is 15.7. The minimum absolute atomic E-state index is 0.0179. The van der Waals surface area contributed by atoms with Gasteiger partial charge in [0, 0.05) is 18.7 Å².